The summed E-state index contributed by atoms with van der Waals surface area (Å²) in [7, 11) is 0. The average molecular weight is 834 g/mol. The molecule has 0 radical (unpaired) electrons. The minimum absolute atomic E-state index is 0.112. The highest BCUT2D eigenvalue weighted by Gasteiger charge is 2.32. The number of nitrogens with zero attached hydrogens (tertiary/aromatic N) is 1. The van der Waals surface area contributed by atoms with Gasteiger partial charge in [0.2, 0.25) is 11.8 Å². The number of ether oxygens (including phenoxy) is 1. The van der Waals surface area contributed by atoms with Gasteiger partial charge < -0.3 is 30.9 Å². The topological polar surface area (TPSA) is 146 Å². The summed E-state index contributed by atoms with van der Waals surface area (Å²) in [4.78, 5) is 68.2. The average Bonchev–Trinajstić information content (AvgIpc) is 3.29. The highest BCUT2D eigenvalue weighted by atomic mass is 35.5. The van der Waals surface area contributed by atoms with Crippen LogP contribution in [0.5, 0.6) is 0 Å². The van der Waals surface area contributed by atoms with Crippen LogP contribution < -0.4 is 21.3 Å². The van der Waals surface area contributed by atoms with E-state index < -0.39 is 17.9 Å². The van der Waals surface area contributed by atoms with Crippen molar-refractivity contribution in [3.05, 3.63) is 201 Å². The van der Waals surface area contributed by atoms with E-state index in [1.54, 1.807) is 95.9 Å². The normalized spacial score (nSPS) is 13.5. The second-order valence-corrected chi connectivity index (χ2v) is 15.0. The Morgan fingerprint density at radius 1 is 0.574 bits per heavy atom. The van der Waals surface area contributed by atoms with Crippen molar-refractivity contribution in [1.82, 2.24) is 15.5 Å². The first-order chi connectivity index (χ1) is 29.7. The molecule has 1 saturated heterocycles. The van der Waals surface area contributed by atoms with Gasteiger partial charge in [-0.25, -0.2) is 0 Å². The molecule has 1 fully saturated rings. The lowest BCUT2D eigenvalue weighted by atomic mass is 9.99. The van der Waals surface area contributed by atoms with Crippen molar-refractivity contribution in [1.29, 1.82) is 0 Å². The first kappa shape index (κ1) is 42.1. The van der Waals surface area contributed by atoms with Crippen molar-refractivity contribution >= 4 is 52.5 Å². The van der Waals surface area contributed by atoms with E-state index in [1.807, 2.05) is 60.7 Å². The molecule has 0 aromatic heterocycles. The summed E-state index contributed by atoms with van der Waals surface area (Å²) in [5, 5.41) is 11.9. The fourth-order valence-electron chi connectivity index (χ4n) is 6.98. The van der Waals surface area contributed by atoms with Gasteiger partial charge in [-0.15, -0.1) is 0 Å². The van der Waals surface area contributed by atoms with Crippen LogP contribution in [0.15, 0.2) is 152 Å². The number of amides is 5. The molecule has 1 atom stereocenters. The lowest BCUT2D eigenvalue weighted by Gasteiger charge is -2.36. The largest absolute Gasteiger partial charge is 0.377 e. The predicted octanol–water partition coefficient (Wildman–Crippen LogP) is 7.78. The third-order valence-corrected chi connectivity index (χ3v) is 10.4. The Hall–Kier alpha value is -7.08. The molecule has 1 aliphatic heterocycles. The highest BCUT2D eigenvalue weighted by Crippen LogP contribution is 2.30. The Balaban J connectivity index is 0.975. The summed E-state index contributed by atoms with van der Waals surface area (Å²) in [6.07, 6.45) is 0.379. The Bertz CT molecular complexity index is 2500. The van der Waals surface area contributed by atoms with Crippen LogP contribution in [-0.2, 0) is 40.3 Å². The number of anilines is 2. The molecule has 0 saturated carbocycles. The summed E-state index contributed by atoms with van der Waals surface area (Å²) in [6.45, 7) is 1.55. The van der Waals surface area contributed by atoms with Gasteiger partial charge in [0.05, 0.1) is 43.2 Å². The maximum atomic E-state index is 14.3. The molecule has 6 aromatic rings. The number of nitrogens with one attached hydrogen (secondary N) is 4. The van der Waals surface area contributed by atoms with Gasteiger partial charge in [0.15, 0.2) is 0 Å². The van der Waals surface area contributed by atoms with Crippen molar-refractivity contribution in [3.63, 3.8) is 0 Å². The Morgan fingerprint density at radius 2 is 1.08 bits per heavy atom. The molecule has 11 nitrogen and oxygen atoms in total. The van der Waals surface area contributed by atoms with Gasteiger partial charge in [-0.05, 0) is 82.4 Å². The van der Waals surface area contributed by atoms with Crippen molar-refractivity contribution in [2.45, 2.75) is 32.0 Å². The van der Waals surface area contributed by atoms with Crippen molar-refractivity contribution in [2.24, 2.45) is 0 Å². The summed E-state index contributed by atoms with van der Waals surface area (Å²) in [5.41, 5.74) is 5.91. The number of carbonyl (C=O) groups excluding carboxylic acids is 5. The summed E-state index contributed by atoms with van der Waals surface area (Å²) >= 11 is 6.58. The molecule has 1 aliphatic rings. The molecule has 0 bridgehead atoms. The van der Waals surface area contributed by atoms with Crippen LogP contribution in [0.4, 0.5) is 11.4 Å². The van der Waals surface area contributed by atoms with Crippen LogP contribution in [0.3, 0.4) is 0 Å². The minimum Gasteiger partial charge on any atom is -0.377 e. The van der Waals surface area contributed by atoms with E-state index in [-0.39, 0.29) is 67.0 Å². The zero-order valence-corrected chi connectivity index (χ0v) is 34.0. The first-order valence-electron chi connectivity index (χ1n) is 19.9. The van der Waals surface area contributed by atoms with Crippen LogP contribution in [0.2, 0.25) is 5.02 Å². The standard InChI is InChI=1S/C49H44ClN5O6/c50-39-28-37(27-38(29-39)47(58)53-40-19-15-33(16-20-40)25-45(56)51-30-35-9-3-1-4-10-35)44-32-61-24-23-55(44)49(60)43-14-8-7-13-42(43)48(59)54-41-21-17-34(18-22-41)26-46(57)52-31-36-11-5-2-6-12-36/h1-22,27-29,44H,23-26,30-32H2,(H,51,56)(H,52,57)(H,53,58)(H,54,59). The van der Waals surface area contributed by atoms with E-state index in [0.717, 1.165) is 22.3 Å². The first-order valence-corrected chi connectivity index (χ1v) is 20.3. The Morgan fingerprint density at radius 3 is 1.64 bits per heavy atom. The molecule has 0 spiro atoms. The van der Waals surface area contributed by atoms with E-state index in [0.29, 0.717) is 35.1 Å². The fraction of sp³-hybridized carbons (Fsp3) is 0.163. The van der Waals surface area contributed by atoms with E-state index >= 15 is 0 Å². The number of hydrogen-bond donors (Lipinski definition) is 4. The van der Waals surface area contributed by atoms with E-state index in [1.165, 1.54) is 0 Å². The number of hydrogen-bond acceptors (Lipinski definition) is 6. The quantitative estimate of drug-likeness (QED) is 0.0883. The third-order valence-electron chi connectivity index (χ3n) is 10.2. The third kappa shape index (κ3) is 11.6. The van der Waals surface area contributed by atoms with Gasteiger partial charge in [0, 0.05) is 41.6 Å². The molecule has 61 heavy (non-hydrogen) atoms. The second kappa shape index (κ2) is 20.3. The van der Waals surface area contributed by atoms with Gasteiger partial charge in [-0.3, -0.25) is 24.0 Å². The number of benzene rings is 6. The van der Waals surface area contributed by atoms with Crippen LogP contribution in [0, 0.1) is 0 Å². The van der Waals surface area contributed by atoms with Crippen molar-refractivity contribution < 1.29 is 28.7 Å². The SMILES string of the molecule is O=C(Cc1ccc(NC(=O)c2cc(Cl)cc(C3COCCN3C(=O)c3ccccc3C(=O)Nc3ccc(CC(=O)NCc4ccccc4)cc3)c2)cc1)NCc1ccccc1. The number of morpholine rings is 1. The van der Waals surface area contributed by atoms with E-state index in [4.69, 9.17) is 16.3 Å². The minimum atomic E-state index is -0.604. The van der Waals surface area contributed by atoms with Crippen LogP contribution in [-0.4, -0.2) is 54.2 Å². The lowest BCUT2D eigenvalue weighted by Crippen LogP contribution is -2.44. The molecule has 5 amide bonds. The molecule has 1 unspecified atom stereocenters. The number of halogens is 1. The molecule has 6 aromatic carbocycles. The number of rotatable bonds is 14. The molecule has 0 aliphatic carbocycles. The Kier molecular flexibility index (Phi) is 14.0. The van der Waals surface area contributed by atoms with Crippen LogP contribution in [0.25, 0.3) is 0 Å². The van der Waals surface area contributed by atoms with Crippen LogP contribution in [0.1, 0.15) is 64.9 Å². The molecule has 308 valence electrons. The zero-order chi connectivity index (χ0) is 42.6. The van der Waals surface area contributed by atoms with Gasteiger partial charge in [0.1, 0.15) is 0 Å². The van der Waals surface area contributed by atoms with Gasteiger partial charge in [-0.2, -0.15) is 0 Å². The Labute approximate surface area is 359 Å². The molecule has 4 N–H and O–H groups in total. The monoisotopic (exact) mass is 833 g/mol. The van der Waals surface area contributed by atoms with Crippen molar-refractivity contribution in [2.75, 3.05) is 30.4 Å². The van der Waals surface area contributed by atoms with Crippen molar-refractivity contribution in [3.8, 4) is 0 Å². The van der Waals surface area contributed by atoms with Gasteiger partial charge in [0.25, 0.3) is 17.7 Å². The second-order valence-electron chi connectivity index (χ2n) is 14.6. The molecule has 7 rings (SSSR count). The molecule has 12 heteroatoms. The molecular formula is C49H44ClN5O6. The molecule has 1 heterocycles. The smallest absolute Gasteiger partial charge is 0.256 e. The zero-order valence-electron chi connectivity index (χ0n) is 33.2. The summed E-state index contributed by atoms with van der Waals surface area (Å²) in [5.74, 6) is -1.49. The summed E-state index contributed by atoms with van der Waals surface area (Å²) < 4.78 is 5.82. The fourth-order valence-corrected chi connectivity index (χ4v) is 7.23. The van der Waals surface area contributed by atoms with E-state index in [2.05, 4.69) is 21.3 Å². The van der Waals surface area contributed by atoms with Gasteiger partial charge >= 0.3 is 0 Å². The molecular weight excluding hydrogens is 790 g/mol. The van der Waals surface area contributed by atoms with E-state index in [9.17, 15) is 24.0 Å². The summed E-state index contributed by atoms with van der Waals surface area (Å²) in [6, 6.07) is 44.3. The maximum absolute atomic E-state index is 14.3. The predicted molar refractivity (Wildman–Crippen MR) is 235 cm³/mol. The number of carbonyl (C=O) groups is 5. The highest BCUT2D eigenvalue weighted by molar-refractivity contribution is 6.31. The maximum Gasteiger partial charge on any atom is 0.256 e. The lowest BCUT2D eigenvalue weighted by molar-refractivity contribution is -0.121. The van der Waals surface area contributed by atoms with Crippen LogP contribution >= 0.6 is 11.6 Å². The van der Waals surface area contributed by atoms with Gasteiger partial charge in [-0.1, -0.05) is 109 Å².